The third-order valence-corrected chi connectivity index (χ3v) is 8.26. The molecule has 10 heteroatoms. The fraction of sp³-hybridized carbons (Fsp3) is 0.550. The average Bonchev–Trinajstić information content (AvgIpc) is 3.17. The quantitative estimate of drug-likeness (QED) is 0.522. The first-order valence-electron chi connectivity index (χ1n) is 10.4. The number of ether oxygens (including phenoxy) is 1. The molecule has 0 bridgehead atoms. The maximum Gasteiger partial charge on any atom is 0.200 e. The number of fused-ring (bicyclic) bond motifs is 2. The standard InChI is InChI=1S/C20H27N6O2S2/c21-30(27)15-3-1-2-13(8-15)24-20-23-10-17-19(25-20)16-9-14(29-18(16)12-28-17)11-26-6-4-22-5-7-26/h1-3,8,14,16,18,21-22H,4-7,9-12H2,(H2,23,24,25)/q-1. The van der Waals surface area contributed by atoms with Gasteiger partial charge in [-0.3, -0.25) is 4.90 Å². The minimum atomic E-state index is -1.75. The van der Waals surface area contributed by atoms with Crippen LogP contribution in [0.5, 0.6) is 0 Å². The van der Waals surface area contributed by atoms with Crippen molar-refractivity contribution in [1.82, 2.24) is 15.5 Å². The van der Waals surface area contributed by atoms with Gasteiger partial charge in [-0.05, 0) is 12.5 Å². The number of allylic oxidation sites excluding steroid dienone is 1. The first-order chi connectivity index (χ1) is 14.7. The number of anilines is 1. The van der Waals surface area contributed by atoms with Crippen LogP contribution in [-0.4, -0.2) is 67.2 Å². The van der Waals surface area contributed by atoms with Crippen LogP contribution >= 0.6 is 11.8 Å². The molecule has 0 radical (unpaired) electrons. The molecule has 4 aliphatic rings. The van der Waals surface area contributed by atoms with Gasteiger partial charge in [-0.15, -0.1) is 11.8 Å². The summed E-state index contributed by atoms with van der Waals surface area (Å²) in [7, 11) is -1.75. The minimum Gasteiger partial charge on any atom is -0.493 e. The first kappa shape index (κ1) is 20.2. The molecule has 0 aromatic heterocycles. The predicted octanol–water partition coefficient (Wildman–Crippen LogP) is 1.78. The summed E-state index contributed by atoms with van der Waals surface area (Å²) in [4.78, 5) is 7.63. The number of thioether (sulfide) groups is 1. The van der Waals surface area contributed by atoms with Gasteiger partial charge in [0.1, 0.15) is 18.9 Å². The average molecular weight is 448 g/mol. The summed E-state index contributed by atoms with van der Waals surface area (Å²) < 4.78 is 24.9. The lowest BCUT2D eigenvalue weighted by molar-refractivity contribution is 0.164. The molecule has 0 amide bonds. The van der Waals surface area contributed by atoms with E-state index in [0.717, 1.165) is 57.2 Å². The summed E-state index contributed by atoms with van der Waals surface area (Å²) in [6.07, 6.45) is 1.16. The lowest BCUT2D eigenvalue weighted by Crippen LogP contribution is -2.45. The Balaban J connectivity index is 1.24. The molecule has 4 N–H and O–H groups in total. The highest BCUT2D eigenvalue weighted by Gasteiger charge is 2.43. The van der Waals surface area contributed by atoms with Crippen molar-refractivity contribution in [2.45, 2.75) is 21.8 Å². The SMILES string of the molecule is N=[S-](=O)c1cccc(NC2=NCC3=C(N2)C2CC(CN4CCNCC4)SC2CO3)c1. The van der Waals surface area contributed by atoms with Crippen LogP contribution in [0.3, 0.4) is 0 Å². The second-order valence-corrected chi connectivity index (χ2v) is 10.6. The van der Waals surface area contributed by atoms with Crippen LogP contribution in [0.4, 0.5) is 5.69 Å². The number of rotatable bonds is 4. The zero-order valence-electron chi connectivity index (χ0n) is 16.7. The van der Waals surface area contributed by atoms with Crippen molar-refractivity contribution in [3.63, 3.8) is 0 Å². The number of benzene rings is 1. The summed E-state index contributed by atoms with van der Waals surface area (Å²) in [5.41, 5.74) is 1.94. The molecule has 3 unspecified atom stereocenters. The van der Waals surface area contributed by atoms with Crippen LogP contribution in [0.25, 0.3) is 0 Å². The van der Waals surface area contributed by atoms with E-state index in [-0.39, 0.29) is 0 Å². The van der Waals surface area contributed by atoms with Crippen LogP contribution in [0.15, 0.2) is 45.6 Å². The van der Waals surface area contributed by atoms with Gasteiger partial charge in [-0.25, -0.2) is 4.99 Å². The molecule has 0 saturated carbocycles. The zero-order valence-corrected chi connectivity index (χ0v) is 18.4. The number of hydrogen-bond acceptors (Lipinski definition) is 10. The highest BCUT2D eigenvalue weighted by atomic mass is 32.2. The number of nitrogens with one attached hydrogen (secondary N) is 4. The molecule has 2 fully saturated rings. The van der Waals surface area contributed by atoms with Gasteiger partial charge in [-0.1, -0.05) is 23.1 Å². The lowest BCUT2D eigenvalue weighted by Gasteiger charge is -2.33. The normalized spacial score (nSPS) is 29.0. The van der Waals surface area contributed by atoms with Gasteiger partial charge in [0.25, 0.3) is 0 Å². The van der Waals surface area contributed by atoms with Gasteiger partial charge in [0.15, 0.2) is 0 Å². The number of piperazine rings is 1. The van der Waals surface area contributed by atoms with E-state index in [1.54, 1.807) is 18.2 Å². The van der Waals surface area contributed by atoms with E-state index in [1.807, 2.05) is 6.07 Å². The second kappa shape index (κ2) is 8.78. The molecule has 1 aromatic rings. The van der Waals surface area contributed by atoms with E-state index in [1.165, 1.54) is 5.70 Å². The Morgan fingerprint density at radius 2 is 2.23 bits per heavy atom. The highest BCUT2D eigenvalue weighted by Crippen LogP contribution is 2.45. The highest BCUT2D eigenvalue weighted by molar-refractivity contribution is 8.00. The molecule has 4 heterocycles. The van der Waals surface area contributed by atoms with Crippen LogP contribution in [-0.2, 0) is 19.5 Å². The molecular weight excluding hydrogens is 420 g/mol. The van der Waals surface area contributed by atoms with Crippen molar-refractivity contribution < 1.29 is 8.95 Å². The van der Waals surface area contributed by atoms with Gasteiger partial charge in [0, 0.05) is 54.8 Å². The molecule has 162 valence electrons. The molecule has 1 aromatic carbocycles. The molecule has 30 heavy (non-hydrogen) atoms. The number of guanidine groups is 1. The van der Waals surface area contributed by atoms with Crippen molar-refractivity contribution in [2.75, 3.05) is 51.2 Å². The molecule has 0 spiro atoms. The van der Waals surface area contributed by atoms with E-state index in [4.69, 9.17) is 9.52 Å². The number of hydrogen-bond donors (Lipinski definition) is 4. The first-order valence-corrected chi connectivity index (χ1v) is 12.5. The Bertz CT molecular complexity index is 933. The monoisotopic (exact) mass is 447 g/mol. The molecule has 8 nitrogen and oxygen atoms in total. The molecular formula is C20H27N6O2S2-. The van der Waals surface area contributed by atoms with Crippen LogP contribution in [0, 0.1) is 10.7 Å². The summed E-state index contributed by atoms with van der Waals surface area (Å²) >= 11 is 2.08. The van der Waals surface area contributed by atoms with E-state index in [2.05, 4.69) is 37.6 Å². The van der Waals surface area contributed by atoms with Gasteiger partial charge in [0.05, 0.1) is 5.70 Å². The van der Waals surface area contributed by atoms with Crippen LogP contribution in [0.1, 0.15) is 6.42 Å². The summed E-state index contributed by atoms with van der Waals surface area (Å²) in [5, 5.41) is 11.3. The van der Waals surface area contributed by atoms with Crippen LogP contribution in [0.2, 0.25) is 0 Å². The van der Waals surface area contributed by atoms with E-state index in [0.29, 0.717) is 33.8 Å². The topological polar surface area (TPSA) is 102 Å². The third-order valence-electron chi connectivity index (χ3n) is 6.04. The summed E-state index contributed by atoms with van der Waals surface area (Å²) in [6.45, 7) is 6.90. The van der Waals surface area contributed by atoms with E-state index < -0.39 is 10.6 Å². The van der Waals surface area contributed by atoms with Crippen molar-refractivity contribution >= 4 is 34.0 Å². The largest absolute Gasteiger partial charge is 0.493 e. The smallest absolute Gasteiger partial charge is 0.200 e. The van der Waals surface area contributed by atoms with Crippen LogP contribution < -0.4 is 16.0 Å². The predicted molar refractivity (Wildman–Crippen MR) is 120 cm³/mol. The maximum atomic E-state index is 11.4. The Morgan fingerprint density at radius 3 is 3.07 bits per heavy atom. The van der Waals surface area contributed by atoms with Gasteiger partial charge < -0.3 is 29.7 Å². The summed E-state index contributed by atoms with van der Waals surface area (Å²) in [5.74, 6) is 2.11. The lowest BCUT2D eigenvalue weighted by atomic mass is 9.92. The van der Waals surface area contributed by atoms with Gasteiger partial charge in [0.2, 0.25) is 5.96 Å². The van der Waals surface area contributed by atoms with Crippen molar-refractivity contribution in [3.05, 3.63) is 35.7 Å². The fourth-order valence-electron chi connectivity index (χ4n) is 4.57. The molecule has 0 aliphatic carbocycles. The number of aliphatic imine (C=N–C) groups is 1. The Labute approximate surface area is 182 Å². The molecule has 2 saturated heterocycles. The van der Waals surface area contributed by atoms with Gasteiger partial charge in [-0.2, -0.15) is 10.6 Å². The van der Waals surface area contributed by atoms with Gasteiger partial charge >= 0.3 is 0 Å². The van der Waals surface area contributed by atoms with E-state index >= 15 is 0 Å². The Kier molecular flexibility index (Phi) is 5.90. The Morgan fingerprint density at radius 1 is 1.37 bits per heavy atom. The number of nitrogens with zero attached hydrogens (tertiary/aromatic N) is 2. The second-order valence-electron chi connectivity index (χ2n) is 8.05. The maximum absolute atomic E-state index is 11.4. The van der Waals surface area contributed by atoms with Crippen molar-refractivity contribution in [1.29, 1.82) is 4.78 Å². The molecule has 4 aliphatic heterocycles. The minimum absolute atomic E-state index is 0.464. The molecule has 3 atom stereocenters. The summed E-state index contributed by atoms with van der Waals surface area (Å²) in [6, 6.07) is 7.11. The van der Waals surface area contributed by atoms with Crippen molar-refractivity contribution in [2.24, 2.45) is 10.9 Å². The van der Waals surface area contributed by atoms with E-state index in [9.17, 15) is 4.21 Å². The molecule has 5 rings (SSSR count). The zero-order chi connectivity index (χ0) is 20.5. The van der Waals surface area contributed by atoms with Crippen molar-refractivity contribution in [3.8, 4) is 0 Å². The fourth-order valence-corrected chi connectivity index (χ4v) is 6.70. The Hall–Kier alpha value is -1.75. The third kappa shape index (κ3) is 4.32.